The second kappa shape index (κ2) is 5.95. The number of carbonyl (C=O) groups excluding carboxylic acids is 2. The van der Waals surface area contributed by atoms with Crippen molar-refractivity contribution in [3.05, 3.63) is 28.2 Å². The second-order valence-electron chi connectivity index (χ2n) is 5.06. The molecule has 1 aromatic rings. The molecule has 0 saturated carbocycles. The lowest BCUT2D eigenvalue weighted by atomic mass is 10.0. The van der Waals surface area contributed by atoms with Crippen LogP contribution in [0.15, 0.2) is 22.7 Å². The summed E-state index contributed by atoms with van der Waals surface area (Å²) in [5.41, 5.74) is 1.83. The van der Waals surface area contributed by atoms with E-state index in [0.717, 1.165) is 15.7 Å². The standard InChI is InChI=1S/C15H19BrN2O2/c1-4-11-15(20)18(12(5-2)14(19)17-11)13-8-9(3)6-7-10(13)16/h6-8,11-12H,4-5H2,1-3H3,(H,17,19). The summed E-state index contributed by atoms with van der Waals surface area (Å²) in [4.78, 5) is 26.5. The maximum Gasteiger partial charge on any atom is 0.250 e. The van der Waals surface area contributed by atoms with Gasteiger partial charge in [-0.05, 0) is 53.4 Å². The Balaban J connectivity index is 2.50. The third kappa shape index (κ3) is 2.59. The van der Waals surface area contributed by atoms with E-state index < -0.39 is 12.1 Å². The largest absolute Gasteiger partial charge is 0.342 e. The van der Waals surface area contributed by atoms with Gasteiger partial charge in [0.05, 0.1) is 5.69 Å². The monoisotopic (exact) mass is 338 g/mol. The number of amides is 2. The summed E-state index contributed by atoms with van der Waals surface area (Å²) in [6, 6.07) is 4.95. The highest BCUT2D eigenvalue weighted by Gasteiger charge is 2.40. The third-order valence-electron chi connectivity index (χ3n) is 3.62. The molecular formula is C15H19BrN2O2. The van der Waals surface area contributed by atoms with Gasteiger partial charge in [0.2, 0.25) is 11.8 Å². The number of nitrogens with one attached hydrogen (secondary N) is 1. The maximum absolute atomic E-state index is 12.6. The zero-order valence-corrected chi connectivity index (χ0v) is 13.5. The van der Waals surface area contributed by atoms with E-state index in [-0.39, 0.29) is 11.8 Å². The molecule has 4 nitrogen and oxygen atoms in total. The van der Waals surface area contributed by atoms with Crippen LogP contribution in [0.2, 0.25) is 0 Å². The van der Waals surface area contributed by atoms with E-state index in [0.29, 0.717) is 12.8 Å². The topological polar surface area (TPSA) is 49.4 Å². The molecule has 1 aliphatic heterocycles. The maximum atomic E-state index is 12.6. The van der Waals surface area contributed by atoms with Gasteiger partial charge < -0.3 is 5.32 Å². The van der Waals surface area contributed by atoms with Crippen molar-refractivity contribution in [3.63, 3.8) is 0 Å². The Hall–Kier alpha value is -1.36. The first-order valence-corrected chi connectivity index (χ1v) is 7.68. The van der Waals surface area contributed by atoms with Gasteiger partial charge in [0.15, 0.2) is 0 Å². The second-order valence-corrected chi connectivity index (χ2v) is 5.91. The van der Waals surface area contributed by atoms with Crippen LogP contribution in [-0.4, -0.2) is 23.9 Å². The van der Waals surface area contributed by atoms with Crippen LogP contribution < -0.4 is 10.2 Å². The molecule has 2 unspecified atom stereocenters. The molecule has 0 bridgehead atoms. The van der Waals surface area contributed by atoms with Crippen molar-refractivity contribution in [3.8, 4) is 0 Å². The number of anilines is 1. The van der Waals surface area contributed by atoms with Crippen molar-refractivity contribution >= 4 is 33.4 Å². The molecule has 1 aromatic carbocycles. The van der Waals surface area contributed by atoms with Gasteiger partial charge in [0, 0.05) is 4.47 Å². The van der Waals surface area contributed by atoms with Gasteiger partial charge in [-0.25, -0.2) is 0 Å². The van der Waals surface area contributed by atoms with Gasteiger partial charge >= 0.3 is 0 Å². The Morgan fingerprint density at radius 3 is 2.55 bits per heavy atom. The highest BCUT2D eigenvalue weighted by molar-refractivity contribution is 9.10. The predicted molar refractivity (Wildman–Crippen MR) is 82.7 cm³/mol. The number of nitrogens with zero attached hydrogens (tertiary/aromatic N) is 1. The quantitative estimate of drug-likeness (QED) is 0.921. The molecule has 1 aliphatic rings. The predicted octanol–water partition coefficient (Wildman–Crippen LogP) is 2.78. The molecule has 2 rings (SSSR count). The highest BCUT2D eigenvalue weighted by atomic mass is 79.9. The zero-order valence-electron chi connectivity index (χ0n) is 11.9. The van der Waals surface area contributed by atoms with Gasteiger partial charge in [0.25, 0.3) is 0 Å². The number of piperazine rings is 1. The van der Waals surface area contributed by atoms with Crippen LogP contribution >= 0.6 is 15.9 Å². The molecule has 0 aromatic heterocycles. The lowest BCUT2D eigenvalue weighted by Gasteiger charge is -2.39. The van der Waals surface area contributed by atoms with E-state index in [4.69, 9.17) is 0 Å². The first-order valence-electron chi connectivity index (χ1n) is 6.89. The lowest BCUT2D eigenvalue weighted by Crippen LogP contribution is -2.63. The van der Waals surface area contributed by atoms with Crippen molar-refractivity contribution in [2.75, 3.05) is 4.90 Å². The van der Waals surface area contributed by atoms with Crippen LogP contribution in [0.5, 0.6) is 0 Å². The van der Waals surface area contributed by atoms with Crippen LogP contribution in [0, 0.1) is 6.92 Å². The van der Waals surface area contributed by atoms with E-state index >= 15 is 0 Å². The summed E-state index contributed by atoms with van der Waals surface area (Å²) in [5, 5.41) is 2.81. The molecule has 1 saturated heterocycles. The number of halogens is 1. The summed E-state index contributed by atoms with van der Waals surface area (Å²) < 4.78 is 0.833. The third-order valence-corrected chi connectivity index (χ3v) is 4.29. The van der Waals surface area contributed by atoms with Gasteiger partial charge in [-0.2, -0.15) is 0 Å². The average molecular weight is 339 g/mol. The molecule has 0 spiro atoms. The lowest BCUT2D eigenvalue weighted by molar-refractivity contribution is -0.134. The highest BCUT2D eigenvalue weighted by Crippen LogP contribution is 2.31. The van der Waals surface area contributed by atoms with E-state index in [1.165, 1.54) is 0 Å². The van der Waals surface area contributed by atoms with E-state index in [9.17, 15) is 9.59 Å². The molecular weight excluding hydrogens is 320 g/mol. The average Bonchev–Trinajstić information content (AvgIpc) is 2.43. The molecule has 108 valence electrons. The van der Waals surface area contributed by atoms with Gasteiger partial charge in [-0.15, -0.1) is 0 Å². The van der Waals surface area contributed by atoms with Crippen LogP contribution in [0.1, 0.15) is 32.3 Å². The molecule has 2 atom stereocenters. The number of aryl methyl sites for hydroxylation is 1. The molecule has 1 fully saturated rings. The van der Waals surface area contributed by atoms with Crippen LogP contribution in [0.4, 0.5) is 5.69 Å². The summed E-state index contributed by atoms with van der Waals surface area (Å²) in [7, 11) is 0. The summed E-state index contributed by atoms with van der Waals surface area (Å²) in [6.45, 7) is 5.79. The SMILES string of the molecule is CCC1NC(=O)C(CC)N(c2cc(C)ccc2Br)C1=O. The fraction of sp³-hybridized carbons (Fsp3) is 0.467. The van der Waals surface area contributed by atoms with Gasteiger partial charge in [0.1, 0.15) is 12.1 Å². The Morgan fingerprint density at radius 1 is 1.25 bits per heavy atom. The molecule has 0 aliphatic carbocycles. The van der Waals surface area contributed by atoms with Gasteiger partial charge in [-0.3, -0.25) is 14.5 Å². The van der Waals surface area contributed by atoms with E-state index in [2.05, 4.69) is 21.2 Å². The van der Waals surface area contributed by atoms with Crippen LogP contribution in [0.25, 0.3) is 0 Å². The Bertz CT molecular complexity index is 545. The zero-order chi connectivity index (χ0) is 14.9. The fourth-order valence-electron chi connectivity index (χ4n) is 2.51. The van der Waals surface area contributed by atoms with E-state index in [1.54, 1.807) is 4.90 Å². The molecule has 20 heavy (non-hydrogen) atoms. The number of hydrogen-bond donors (Lipinski definition) is 1. The van der Waals surface area contributed by atoms with Crippen molar-refractivity contribution < 1.29 is 9.59 Å². The number of hydrogen-bond acceptors (Lipinski definition) is 2. The number of benzene rings is 1. The smallest absolute Gasteiger partial charge is 0.250 e. The van der Waals surface area contributed by atoms with E-state index in [1.807, 2.05) is 39.0 Å². The molecule has 2 amide bonds. The summed E-state index contributed by atoms with van der Waals surface area (Å²) in [5.74, 6) is -0.113. The van der Waals surface area contributed by atoms with Gasteiger partial charge in [-0.1, -0.05) is 19.9 Å². The minimum absolute atomic E-state index is 0.0368. The minimum Gasteiger partial charge on any atom is -0.342 e. The summed E-state index contributed by atoms with van der Waals surface area (Å²) in [6.07, 6.45) is 1.19. The summed E-state index contributed by atoms with van der Waals surface area (Å²) >= 11 is 3.49. The fourth-order valence-corrected chi connectivity index (χ4v) is 2.94. The minimum atomic E-state index is -0.441. The Kier molecular flexibility index (Phi) is 4.48. The normalized spacial score (nSPS) is 22.9. The number of carbonyl (C=O) groups is 2. The van der Waals surface area contributed by atoms with Crippen LogP contribution in [-0.2, 0) is 9.59 Å². The Morgan fingerprint density at radius 2 is 1.95 bits per heavy atom. The van der Waals surface area contributed by atoms with Crippen molar-refractivity contribution in [1.82, 2.24) is 5.32 Å². The van der Waals surface area contributed by atoms with Crippen LogP contribution in [0.3, 0.4) is 0 Å². The molecule has 1 heterocycles. The van der Waals surface area contributed by atoms with Crippen molar-refractivity contribution in [1.29, 1.82) is 0 Å². The first kappa shape index (κ1) is 15.0. The van der Waals surface area contributed by atoms with Crippen molar-refractivity contribution in [2.45, 2.75) is 45.7 Å². The Labute approximate surface area is 127 Å². The first-order chi connectivity index (χ1) is 9.49. The molecule has 0 radical (unpaired) electrons. The molecule has 1 N–H and O–H groups in total. The molecule has 5 heteroatoms. The van der Waals surface area contributed by atoms with Crippen molar-refractivity contribution in [2.24, 2.45) is 0 Å². The number of rotatable bonds is 3.